The number of hydrogen-bond donors (Lipinski definition) is 3. The van der Waals surface area contributed by atoms with Crippen molar-refractivity contribution in [3.63, 3.8) is 0 Å². The molecule has 4 rings (SSSR count). The zero-order chi connectivity index (χ0) is 23.5. The number of amides is 2. The molecule has 3 aliphatic rings. The Bertz CT molecular complexity index is 946. The van der Waals surface area contributed by atoms with E-state index >= 15 is 0 Å². The van der Waals surface area contributed by atoms with E-state index in [1.807, 2.05) is 38.1 Å². The van der Waals surface area contributed by atoms with Gasteiger partial charge in [0, 0.05) is 29.8 Å². The number of hydrogen-bond acceptors (Lipinski definition) is 5. The van der Waals surface area contributed by atoms with Crippen LogP contribution in [0.25, 0.3) is 0 Å². The van der Waals surface area contributed by atoms with Crippen molar-refractivity contribution in [2.45, 2.75) is 76.2 Å². The number of aliphatic hydroxyl groups is 2. The molecule has 178 valence electrons. The minimum Gasteiger partial charge on any atom is -0.486 e. The molecule has 1 fully saturated rings. The highest BCUT2D eigenvalue weighted by molar-refractivity contribution is 5.96. The van der Waals surface area contributed by atoms with Crippen molar-refractivity contribution in [1.29, 1.82) is 0 Å². The van der Waals surface area contributed by atoms with Gasteiger partial charge in [-0.15, -0.1) is 0 Å². The van der Waals surface area contributed by atoms with E-state index in [0.29, 0.717) is 11.3 Å². The molecule has 33 heavy (non-hydrogen) atoms. The molecule has 1 aliphatic heterocycles. The molecule has 1 aromatic carbocycles. The lowest BCUT2D eigenvalue weighted by molar-refractivity contribution is -0.136. The maximum absolute atomic E-state index is 13.4. The molecule has 0 unspecified atom stereocenters. The molecule has 3 N–H and O–H groups in total. The number of ether oxygens (including phenoxy) is 1. The predicted octanol–water partition coefficient (Wildman–Crippen LogP) is 2.44. The molecule has 2 amide bonds. The number of para-hydroxylation sites is 1. The average molecular weight is 455 g/mol. The van der Waals surface area contributed by atoms with Crippen molar-refractivity contribution in [1.82, 2.24) is 10.2 Å². The van der Waals surface area contributed by atoms with E-state index < -0.39 is 24.2 Å². The summed E-state index contributed by atoms with van der Waals surface area (Å²) in [5.41, 5.74) is 2.21. The first-order valence-electron chi connectivity index (χ1n) is 11.9. The van der Waals surface area contributed by atoms with Gasteiger partial charge in [-0.05, 0) is 38.8 Å². The summed E-state index contributed by atoms with van der Waals surface area (Å²) in [6.07, 6.45) is 6.68. The second-order valence-electron chi connectivity index (χ2n) is 9.44. The van der Waals surface area contributed by atoms with Crippen LogP contribution >= 0.6 is 0 Å². The molecular weight excluding hydrogens is 420 g/mol. The minimum atomic E-state index is -0.978. The molecule has 0 saturated heterocycles. The third-order valence-corrected chi connectivity index (χ3v) is 6.83. The average Bonchev–Trinajstić information content (AvgIpc) is 3.19. The van der Waals surface area contributed by atoms with Crippen LogP contribution in [0.1, 0.15) is 57.4 Å². The van der Waals surface area contributed by atoms with Crippen molar-refractivity contribution in [3.05, 3.63) is 53.1 Å². The molecule has 0 radical (unpaired) electrons. The smallest absolute Gasteiger partial charge is 0.247 e. The van der Waals surface area contributed by atoms with Crippen LogP contribution in [0.3, 0.4) is 0 Å². The van der Waals surface area contributed by atoms with Gasteiger partial charge in [0.05, 0.1) is 18.6 Å². The quantitative estimate of drug-likeness (QED) is 0.574. The van der Waals surface area contributed by atoms with E-state index in [2.05, 4.69) is 5.32 Å². The van der Waals surface area contributed by atoms with Crippen molar-refractivity contribution in [2.75, 3.05) is 13.2 Å². The molecule has 2 aliphatic carbocycles. The number of aliphatic hydroxyl groups excluding tert-OH is 2. The highest BCUT2D eigenvalue weighted by atomic mass is 16.5. The van der Waals surface area contributed by atoms with E-state index in [1.165, 1.54) is 0 Å². The lowest BCUT2D eigenvalue weighted by Crippen LogP contribution is -2.58. The van der Waals surface area contributed by atoms with Gasteiger partial charge in [-0.3, -0.25) is 9.59 Å². The zero-order valence-corrected chi connectivity index (χ0v) is 19.4. The summed E-state index contributed by atoms with van der Waals surface area (Å²) >= 11 is 0. The molecule has 1 heterocycles. The predicted molar refractivity (Wildman–Crippen MR) is 125 cm³/mol. The SMILES string of the molecule is CC(C)=CC(=O)N(C1CCCCC1)[C@@H]1C=C(C(=O)NCCO)[C@@H]2c3ccccc3O[C@@H]2[C@H]1O. The first kappa shape index (κ1) is 23.5. The van der Waals surface area contributed by atoms with Gasteiger partial charge in [-0.25, -0.2) is 0 Å². The Morgan fingerprint density at radius 1 is 1.18 bits per heavy atom. The molecular formula is C26H34N2O5. The Kier molecular flexibility index (Phi) is 7.20. The first-order valence-corrected chi connectivity index (χ1v) is 11.9. The van der Waals surface area contributed by atoms with Gasteiger partial charge >= 0.3 is 0 Å². The van der Waals surface area contributed by atoms with Gasteiger partial charge < -0.3 is 25.2 Å². The van der Waals surface area contributed by atoms with E-state index in [0.717, 1.165) is 43.2 Å². The van der Waals surface area contributed by atoms with Crippen LogP contribution in [0.5, 0.6) is 5.75 Å². The third kappa shape index (κ3) is 4.70. The van der Waals surface area contributed by atoms with E-state index in [-0.39, 0.29) is 31.0 Å². The summed E-state index contributed by atoms with van der Waals surface area (Å²) in [6, 6.07) is 6.82. The highest BCUT2D eigenvalue weighted by Gasteiger charge is 2.51. The first-order chi connectivity index (χ1) is 15.9. The lowest BCUT2D eigenvalue weighted by atomic mass is 9.77. The topological polar surface area (TPSA) is 99.1 Å². The molecule has 0 spiro atoms. The Morgan fingerprint density at radius 2 is 1.91 bits per heavy atom. The Hall–Kier alpha value is -2.64. The standard InChI is InChI=1S/C26H34N2O5/c1-16(2)14-22(30)28(17-8-4-3-5-9-17)20-15-19(26(32)27-12-13-29)23-18-10-6-7-11-21(18)33-25(23)24(20)31/h6-7,10-11,14-15,17,20,23-25,29,31H,3-5,8-9,12-13H2,1-2H3,(H,27,32)/t20-,23+,24+,25+/m1/s1. The summed E-state index contributed by atoms with van der Waals surface area (Å²) in [5, 5.41) is 23.5. The molecule has 1 aromatic rings. The van der Waals surface area contributed by atoms with Gasteiger partial charge in [-0.1, -0.05) is 43.0 Å². The normalized spacial score (nSPS) is 26.4. The van der Waals surface area contributed by atoms with Crippen molar-refractivity contribution in [2.24, 2.45) is 0 Å². The number of fused-ring (bicyclic) bond motifs is 3. The Labute approximate surface area is 195 Å². The number of nitrogens with one attached hydrogen (secondary N) is 1. The summed E-state index contributed by atoms with van der Waals surface area (Å²) < 4.78 is 6.16. The van der Waals surface area contributed by atoms with E-state index in [1.54, 1.807) is 17.1 Å². The van der Waals surface area contributed by atoms with Gasteiger partial charge in [0.2, 0.25) is 11.8 Å². The van der Waals surface area contributed by atoms with E-state index in [9.17, 15) is 19.8 Å². The van der Waals surface area contributed by atoms with Crippen molar-refractivity contribution < 1.29 is 24.5 Å². The summed E-state index contributed by atoms with van der Waals surface area (Å²) in [6.45, 7) is 3.72. The van der Waals surface area contributed by atoms with Gasteiger partial charge in [-0.2, -0.15) is 0 Å². The fourth-order valence-electron chi connectivity index (χ4n) is 5.41. The summed E-state index contributed by atoms with van der Waals surface area (Å²) in [4.78, 5) is 28.3. The largest absolute Gasteiger partial charge is 0.486 e. The summed E-state index contributed by atoms with van der Waals surface area (Å²) in [5.74, 6) is -0.244. The molecule has 4 atom stereocenters. The maximum Gasteiger partial charge on any atom is 0.247 e. The fraction of sp³-hybridized carbons (Fsp3) is 0.538. The second kappa shape index (κ2) is 10.1. The van der Waals surface area contributed by atoms with Crippen LogP contribution in [-0.4, -0.2) is 64.4 Å². The van der Waals surface area contributed by atoms with Crippen LogP contribution in [0.15, 0.2) is 47.6 Å². The summed E-state index contributed by atoms with van der Waals surface area (Å²) in [7, 11) is 0. The van der Waals surface area contributed by atoms with Crippen LogP contribution in [-0.2, 0) is 9.59 Å². The molecule has 7 nitrogen and oxygen atoms in total. The van der Waals surface area contributed by atoms with Crippen LogP contribution < -0.4 is 10.1 Å². The molecule has 7 heteroatoms. The third-order valence-electron chi connectivity index (χ3n) is 6.83. The minimum absolute atomic E-state index is 0.000156. The van der Waals surface area contributed by atoms with Gasteiger partial charge in [0.25, 0.3) is 0 Å². The van der Waals surface area contributed by atoms with Crippen LogP contribution in [0.2, 0.25) is 0 Å². The zero-order valence-electron chi connectivity index (χ0n) is 19.4. The number of rotatable bonds is 6. The maximum atomic E-state index is 13.4. The van der Waals surface area contributed by atoms with Crippen LogP contribution in [0.4, 0.5) is 0 Å². The fourth-order valence-corrected chi connectivity index (χ4v) is 5.41. The number of benzene rings is 1. The molecule has 0 aromatic heterocycles. The Morgan fingerprint density at radius 3 is 2.61 bits per heavy atom. The second-order valence-corrected chi connectivity index (χ2v) is 9.44. The number of nitrogens with zero attached hydrogens (tertiary/aromatic N) is 1. The van der Waals surface area contributed by atoms with E-state index in [4.69, 9.17) is 4.74 Å². The number of carbonyl (C=O) groups excluding carboxylic acids is 2. The molecule has 0 bridgehead atoms. The van der Waals surface area contributed by atoms with Crippen LogP contribution in [0, 0.1) is 0 Å². The number of carbonyl (C=O) groups is 2. The lowest BCUT2D eigenvalue weighted by Gasteiger charge is -2.44. The molecule has 1 saturated carbocycles. The number of allylic oxidation sites excluding steroid dienone is 1. The Balaban J connectivity index is 1.77. The van der Waals surface area contributed by atoms with Gasteiger partial charge in [0.1, 0.15) is 18.0 Å². The van der Waals surface area contributed by atoms with Crippen molar-refractivity contribution in [3.8, 4) is 5.75 Å². The highest BCUT2D eigenvalue weighted by Crippen LogP contribution is 2.47. The monoisotopic (exact) mass is 454 g/mol. The van der Waals surface area contributed by atoms with Crippen molar-refractivity contribution >= 4 is 11.8 Å². The van der Waals surface area contributed by atoms with Gasteiger partial charge in [0.15, 0.2) is 0 Å².